The molecule has 1 saturated carbocycles. The highest BCUT2D eigenvalue weighted by Crippen LogP contribution is 2.50. The first-order chi connectivity index (χ1) is 16.8. The Kier molecular flexibility index (Phi) is 4.14. The van der Waals surface area contributed by atoms with Gasteiger partial charge in [-0.15, -0.1) is 10.2 Å². The minimum atomic E-state index is -0.492. The van der Waals surface area contributed by atoms with Crippen molar-refractivity contribution in [2.75, 3.05) is 6.54 Å². The van der Waals surface area contributed by atoms with E-state index in [9.17, 15) is 4.79 Å². The number of hydrogen-bond donors (Lipinski definition) is 1. The molecular formula is C24H19N7O3. The Balaban J connectivity index is 1.34. The number of H-pyrrole nitrogens is 1. The number of hydrogen-bond acceptors (Lipinski definition) is 8. The lowest BCUT2D eigenvalue weighted by Gasteiger charge is -2.33. The van der Waals surface area contributed by atoms with Crippen LogP contribution in [0.4, 0.5) is 0 Å². The maximum absolute atomic E-state index is 13.7. The smallest absolute Gasteiger partial charge is 0.312 e. The molecule has 1 fully saturated rings. The van der Waals surface area contributed by atoms with Crippen LogP contribution in [0.15, 0.2) is 57.9 Å². The van der Waals surface area contributed by atoms with Crippen LogP contribution in [-0.2, 0) is 6.42 Å². The molecule has 1 unspecified atom stereocenters. The van der Waals surface area contributed by atoms with Crippen LogP contribution in [-0.4, -0.2) is 47.5 Å². The van der Waals surface area contributed by atoms with Crippen molar-refractivity contribution in [3.63, 3.8) is 0 Å². The van der Waals surface area contributed by atoms with Crippen molar-refractivity contribution >= 4 is 16.9 Å². The molecule has 34 heavy (non-hydrogen) atoms. The first-order valence-electron chi connectivity index (χ1n) is 11.2. The number of para-hydroxylation sites is 1. The second-order valence-corrected chi connectivity index (χ2v) is 8.55. The monoisotopic (exact) mass is 453 g/mol. The molecule has 0 saturated heterocycles. The highest BCUT2D eigenvalue weighted by molar-refractivity contribution is 5.91. The van der Waals surface area contributed by atoms with Gasteiger partial charge in [-0.25, -0.2) is 15.0 Å². The summed E-state index contributed by atoms with van der Waals surface area (Å²) >= 11 is 0. The van der Waals surface area contributed by atoms with E-state index >= 15 is 0 Å². The summed E-state index contributed by atoms with van der Waals surface area (Å²) in [5.74, 6) is 1.06. The zero-order chi connectivity index (χ0) is 22.6. The van der Waals surface area contributed by atoms with Crippen molar-refractivity contribution in [1.29, 1.82) is 0 Å². The van der Waals surface area contributed by atoms with Crippen LogP contribution < -0.4 is 0 Å². The lowest BCUT2D eigenvalue weighted by Crippen LogP contribution is -2.41. The average Bonchev–Trinajstić information content (AvgIpc) is 3.27. The predicted octanol–water partition coefficient (Wildman–Crippen LogP) is 3.66. The molecule has 0 bridgehead atoms. The minimum Gasteiger partial charge on any atom is -0.458 e. The number of aromatic amines is 1. The number of aromatic nitrogens is 6. The van der Waals surface area contributed by atoms with Crippen molar-refractivity contribution in [3.8, 4) is 11.7 Å². The van der Waals surface area contributed by atoms with E-state index in [1.807, 2.05) is 18.2 Å². The number of imidazole rings is 1. The van der Waals surface area contributed by atoms with Gasteiger partial charge in [0.05, 0.1) is 12.0 Å². The third kappa shape index (κ3) is 2.95. The Morgan fingerprint density at radius 1 is 1.03 bits per heavy atom. The summed E-state index contributed by atoms with van der Waals surface area (Å²) in [4.78, 5) is 31.5. The minimum absolute atomic E-state index is 0.0976. The van der Waals surface area contributed by atoms with Gasteiger partial charge in [0.25, 0.3) is 5.89 Å². The van der Waals surface area contributed by atoms with Crippen LogP contribution in [0.3, 0.4) is 0 Å². The number of rotatable bonds is 4. The SMILES string of the molecule is O=C(c1nnc(-c2ncccn2)o1)N1CCc2[nH]cnc2C1c1oc2ccccc2c1C1CC1. The van der Waals surface area contributed by atoms with E-state index in [1.165, 1.54) is 0 Å². The van der Waals surface area contributed by atoms with E-state index in [0.29, 0.717) is 18.9 Å². The first-order valence-corrected chi connectivity index (χ1v) is 11.2. The number of furan rings is 1. The van der Waals surface area contributed by atoms with E-state index < -0.39 is 6.04 Å². The van der Waals surface area contributed by atoms with Crippen LogP contribution in [0.1, 0.15) is 58.2 Å². The normalized spacial score (nSPS) is 17.8. The van der Waals surface area contributed by atoms with Crippen molar-refractivity contribution < 1.29 is 13.6 Å². The molecule has 7 rings (SSSR count). The fraction of sp³-hybridized carbons (Fsp3) is 0.250. The Labute approximate surface area is 193 Å². The Hall–Kier alpha value is -4.34. The zero-order valence-electron chi connectivity index (χ0n) is 18.0. The topological polar surface area (TPSA) is 127 Å². The van der Waals surface area contributed by atoms with Gasteiger partial charge in [0.2, 0.25) is 5.82 Å². The summed E-state index contributed by atoms with van der Waals surface area (Å²) in [6.07, 6.45) is 7.68. The number of amides is 1. The summed E-state index contributed by atoms with van der Waals surface area (Å²) < 4.78 is 12.1. The van der Waals surface area contributed by atoms with Crippen molar-refractivity contribution in [1.82, 2.24) is 35.0 Å². The van der Waals surface area contributed by atoms with Gasteiger partial charge in [-0.05, 0) is 30.9 Å². The number of carbonyl (C=O) groups excluding carboxylic acids is 1. The van der Waals surface area contributed by atoms with Crippen LogP contribution in [0.2, 0.25) is 0 Å². The van der Waals surface area contributed by atoms with Gasteiger partial charge in [-0.2, -0.15) is 0 Å². The van der Waals surface area contributed by atoms with Gasteiger partial charge < -0.3 is 18.7 Å². The Morgan fingerprint density at radius 2 is 1.88 bits per heavy atom. The van der Waals surface area contributed by atoms with Gasteiger partial charge in [0, 0.05) is 42.0 Å². The molecule has 5 heterocycles. The number of fused-ring (bicyclic) bond motifs is 2. The third-order valence-corrected chi connectivity index (χ3v) is 6.45. The molecule has 4 aromatic heterocycles. The molecule has 1 aliphatic heterocycles. The fourth-order valence-electron chi connectivity index (χ4n) is 4.77. The van der Waals surface area contributed by atoms with E-state index in [0.717, 1.165) is 46.5 Å². The van der Waals surface area contributed by atoms with Crippen molar-refractivity contribution in [2.45, 2.75) is 31.2 Å². The summed E-state index contributed by atoms with van der Waals surface area (Å²) in [7, 11) is 0. The van der Waals surface area contributed by atoms with Crippen LogP contribution in [0.25, 0.3) is 22.7 Å². The maximum atomic E-state index is 13.7. The molecule has 0 radical (unpaired) electrons. The van der Waals surface area contributed by atoms with Gasteiger partial charge in [0.15, 0.2) is 0 Å². The van der Waals surface area contributed by atoms with Crippen LogP contribution in [0.5, 0.6) is 0 Å². The number of benzene rings is 1. The Bertz CT molecular complexity index is 1520. The molecule has 1 aromatic carbocycles. The van der Waals surface area contributed by atoms with Crippen molar-refractivity contribution in [2.24, 2.45) is 0 Å². The van der Waals surface area contributed by atoms with E-state index in [4.69, 9.17) is 8.83 Å². The molecule has 1 amide bonds. The van der Waals surface area contributed by atoms with Gasteiger partial charge in [-0.1, -0.05) is 18.2 Å². The second kappa shape index (κ2) is 7.34. The highest BCUT2D eigenvalue weighted by Gasteiger charge is 2.42. The van der Waals surface area contributed by atoms with Crippen molar-refractivity contribution in [3.05, 3.63) is 77.7 Å². The third-order valence-electron chi connectivity index (χ3n) is 6.45. The molecule has 1 aliphatic carbocycles. The van der Waals surface area contributed by atoms with E-state index in [2.05, 4.69) is 36.2 Å². The summed E-state index contributed by atoms with van der Waals surface area (Å²) in [5, 5.41) is 9.09. The Morgan fingerprint density at radius 3 is 2.74 bits per heavy atom. The van der Waals surface area contributed by atoms with Gasteiger partial charge in [0.1, 0.15) is 17.4 Å². The van der Waals surface area contributed by atoms with E-state index in [-0.39, 0.29) is 23.5 Å². The average molecular weight is 453 g/mol. The second-order valence-electron chi connectivity index (χ2n) is 8.55. The lowest BCUT2D eigenvalue weighted by atomic mass is 9.95. The van der Waals surface area contributed by atoms with E-state index in [1.54, 1.807) is 29.7 Å². The lowest BCUT2D eigenvalue weighted by molar-refractivity contribution is 0.0631. The number of nitrogens with one attached hydrogen (secondary N) is 1. The number of nitrogens with zero attached hydrogens (tertiary/aromatic N) is 6. The zero-order valence-corrected chi connectivity index (χ0v) is 18.0. The predicted molar refractivity (Wildman–Crippen MR) is 119 cm³/mol. The number of carbonyl (C=O) groups is 1. The van der Waals surface area contributed by atoms with Crippen LogP contribution in [0, 0.1) is 0 Å². The molecule has 168 valence electrons. The van der Waals surface area contributed by atoms with Gasteiger partial charge in [-0.3, -0.25) is 4.79 Å². The summed E-state index contributed by atoms with van der Waals surface area (Å²) in [6, 6.07) is 9.23. The quantitative estimate of drug-likeness (QED) is 0.437. The summed E-state index contributed by atoms with van der Waals surface area (Å²) in [6.45, 7) is 0.458. The molecule has 0 spiro atoms. The van der Waals surface area contributed by atoms with Gasteiger partial charge >= 0.3 is 11.8 Å². The summed E-state index contributed by atoms with van der Waals surface area (Å²) in [5.41, 5.74) is 3.76. The standard InChI is InChI=1S/C24H19N7O3/c32-24(23-30-29-22(34-23)21-25-9-3-10-26-21)31-11-8-15-18(28-12-27-15)19(31)20-17(13-6-7-13)14-4-1-2-5-16(14)33-20/h1-5,9-10,12-13,19H,6-8,11H2,(H,27,28). The molecule has 5 aromatic rings. The molecule has 2 aliphatic rings. The molecule has 10 nitrogen and oxygen atoms in total. The fourth-order valence-corrected chi connectivity index (χ4v) is 4.77. The molecule has 1 atom stereocenters. The largest absolute Gasteiger partial charge is 0.458 e. The maximum Gasteiger partial charge on any atom is 0.312 e. The first kappa shape index (κ1) is 19.2. The molecular weight excluding hydrogens is 434 g/mol. The highest BCUT2D eigenvalue weighted by atomic mass is 16.4. The molecule has 1 N–H and O–H groups in total. The van der Waals surface area contributed by atoms with Crippen LogP contribution >= 0.6 is 0 Å². The molecule has 10 heteroatoms.